The summed E-state index contributed by atoms with van der Waals surface area (Å²) in [7, 11) is 1.51. The lowest BCUT2D eigenvalue weighted by molar-refractivity contribution is -0.123. The van der Waals surface area contributed by atoms with Crippen LogP contribution < -0.4 is 15.4 Å². The number of hydrogen-bond acceptors (Lipinski definition) is 5. The summed E-state index contributed by atoms with van der Waals surface area (Å²) in [5, 5.41) is 16.2. The van der Waals surface area contributed by atoms with E-state index in [4.69, 9.17) is 4.74 Å². The molecule has 2 atom stereocenters. The summed E-state index contributed by atoms with van der Waals surface area (Å²) >= 11 is 0. The van der Waals surface area contributed by atoms with E-state index >= 15 is 0 Å². The number of nitrogens with one attached hydrogen (secondary N) is 2. The van der Waals surface area contributed by atoms with Crippen LogP contribution in [0.2, 0.25) is 0 Å². The Morgan fingerprint density at radius 1 is 1.02 bits per heavy atom. The molecular weight excluding hydrogens is 516 g/mol. The van der Waals surface area contributed by atoms with Gasteiger partial charge in [-0.25, -0.2) is 8.78 Å². The molecule has 0 spiro atoms. The van der Waals surface area contributed by atoms with Crippen molar-refractivity contribution in [1.29, 1.82) is 0 Å². The molecule has 0 radical (unpaired) electrons. The van der Waals surface area contributed by atoms with E-state index in [9.17, 15) is 23.5 Å². The lowest BCUT2D eigenvalue weighted by atomic mass is 9.88. The minimum atomic E-state index is -0.861. The van der Waals surface area contributed by atoms with Crippen molar-refractivity contribution in [3.05, 3.63) is 113 Å². The van der Waals surface area contributed by atoms with Crippen molar-refractivity contribution < 1.29 is 28.2 Å². The average Bonchev–Trinajstić information content (AvgIpc) is 3.64. The number of benzene rings is 3. The summed E-state index contributed by atoms with van der Waals surface area (Å²) in [6, 6.07) is 18.4. The van der Waals surface area contributed by atoms with Crippen LogP contribution in [-0.4, -0.2) is 29.0 Å². The largest absolute Gasteiger partial charge is 0.507 e. The predicted molar refractivity (Wildman–Crippen MR) is 143 cm³/mol. The molecule has 3 aromatic carbocycles. The summed E-state index contributed by atoms with van der Waals surface area (Å²) < 4.78 is 34.6. The van der Waals surface area contributed by atoms with Gasteiger partial charge in [-0.3, -0.25) is 14.6 Å². The standard InChI is InChI=1S/C31H25F2N3O4/c1-34-30(39)27-22-14-18(7-10-25(22)40-28(27)17-5-8-19(32)9-6-17)20-15-21(23(33)16-24(20)37)29(38)36-31(11-12-31)26-4-2-3-13-35-26/h2-10,13-16,27-28,37H,11-12H2,1H3,(H,34,39)(H,36,38). The minimum Gasteiger partial charge on any atom is -0.507 e. The Morgan fingerprint density at radius 2 is 1.80 bits per heavy atom. The topological polar surface area (TPSA) is 101 Å². The lowest BCUT2D eigenvalue weighted by Gasteiger charge is -2.18. The van der Waals surface area contributed by atoms with Crippen molar-refractivity contribution >= 4 is 11.8 Å². The van der Waals surface area contributed by atoms with Gasteiger partial charge in [0.25, 0.3) is 5.91 Å². The molecule has 2 heterocycles. The van der Waals surface area contributed by atoms with Crippen molar-refractivity contribution in [2.75, 3.05) is 7.05 Å². The van der Waals surface area contributed by atoms with Crippen molar-refractivity contribution in [3.8, 4) is 22.6 Å². The second-order valence-electron chi connectivity index (χ2n) is 10.0. The third-order valence-electron chi connectivity index (χ3n) is 7.53. The molecule has 40 heavy (non-hydrogen) atoms. The van der Waals surface area contributed by atoms with Crippen molar-refractivity contribution in [3.63, 3.8) is 0 Å². The first-order valence-electron chi connectivity index (χ1n) is 12.8. The van der Waals surface area contributed by atoms with Crippen molar-refractivity contribution in [2.45, 2.75) is 30.4 Å². The van der Waals surface area contributed by atoms with Crippen LogP contribution >= 0.6 is 0 Å². The molecule has 6 rings (SSSR count). The molecule has 1 aliphatic carbocycles. The van der Waals surface area contributed by atoms with Crippen LogP contribution in [-0.2, 0) is 10.3 Å². The Bertz CT molecular complexity index is 1620. The normalized spacial score (nSPS) is 18.4. The summed E-state index contributed by atoms with van der Waals surface area (Å²) in [6.07, 6.45) is 2.31. The SMILES string of the molecule is CNC(=O)C1c2cc(-c3cc(C(=O)NC4(c5ccccn5)CC4)c(F)cc3O)ccc2OC1c1ccc(F)cc1. The second kappa shape index (κ2) is 9.75. The van der Waals surface area contributed by atoms with Gasteiger partial charge in [-0.05, 0) is 66.4 Å². The molecular formula is C31H25F2N3O4. The first kappa shape index (κ1) is 25.5. The van der Waals surface area contributed by atoms with Gasteiger partial charge in [-0.15, -0.1) is 0 Å². The Morgan fingerprint density at radius 3 is 2.48 bits per heavy atom. The van der Waals surface area contributed by atoms with Gasteiger partial charge in [0.05, 0.1) is 16.8 Å². The number of carbonyl (C=O) groups excluding carboxylic acids is 2. The Kier molecular flexibility index (Phi) is 6.21. The van der Waals surface area contributed by atoms with Crippen LogP contribution in [0.3, 0.4) is 0 Å². The number of ether oxygens (including phenoxy) is 1. The number of fused-ring (bicyclic) bond motifs is 1. The number of amides is 2. The van der Waals surface area contributed by atoms with Crippen LogP contribution in [0.25, 0.3) is 11.1 Å². The maximum Gasteiger partial charge on any atom is 0.255 e. The summed E-state index contributed by atoms with van der Waals surface area (Å²) in [4.78, 5) is 30.5. The highest BCUT2D eigenvalue weighted by Crippen LogP contribution is 2.48. The van der Waals surface area contributed by atoms with E-state index in [2.05, 4.69) is 15.6 Å². The third kappa shape index (κ3) is 4.43. The number of rotatable bonds is 6. The van der Waals surface area contributed by atoms with Crippen LogP contribution in [0, 0.1) is 11.6 Å². The number of nitrogens with zero attached hydrogens (tertiary/aromatic N) is 1. The van der Waals surface area contributed by atoms with Gasteiger partial charge in [-0.1, -0.05) is 24.3 Å². The molecule has 0 saturated heterocycles. The number of carbonyl (C=O) groups is 2. The molecule has 3 N–H and O–H groups in total. The highest BCUT2D eigenvalue weighted by atomic mass is 19.1. The number of phenols is 1. The Balaban J connectivity index is 1.35. The van der Waals surface area contributed by atoms with E-state index in [1.807, 2.05) is 12.1 Å². The van der Waals surface area contributed by atoms with Crippen molar-refractivity contribution in [1.82, 2.24) is 15.6 Å². The van der Waals surface area contributed by atoms with E-state index in [-0.39, 0.29) is 22.8 Å². The van der Waals surface area contributed by atoms with Gasteiger partial charge < -0.3 is 20.5 Å². The number of aromatic hydroxyl groups is 1. The number of halogens is 2. The fourth-order valence-electron chi connectivity index (χ4n) is 5.25. The van der Waals surface area contributed by atoms with Crippen molar-refractivity contribution in [2.24, 2.45) is 0 Å². The monoisotopic (exact) mass is 541 g/mol. The molecule has 7 nitrogen and oxygen atoms in total. The number of phenolic OH excluding ortho intramolecular Hbond substituents is 1. The molecule has 1 saturated carbocycles. The van der Waals surface area contributed by atoms with Crippen LogP contribution in [0.15, 0.2) is 79.0 Å². The molecule has 202 valence electrons. The molecule has 2 amide bonds. The summed E-state index contributed by atoms with van der Waals surface area (Å²) in [5.74, 6) is -2.85. The van der Waals surface area contributed by atoms with E-state index < -0.39 is 35.1 Å². The minimum absolute atomic E-state index is 0.220. The molecule has 4 aromatic rings. The molecule has 1 aromatic heterocycles. The molecule has 2 unspecified atom stereocenters. The lowest BCUT2D eigenvalue weighted by Crippen LogP contribution is -2.36. The molecule has 2 aliphatic rings. The van der Waals surface area contributed by atoms with Gasteiger partial charge >= 0.3 is 0 Å². The predicted octanol–water partition coefficient (Wildman–Crippen LogP) is 5.11. The maximum absolute atomic E-state index is 15.0. The molecule has 9 heteroatoms. The number of pyridine rings is 1. The van der Waals surface area contributed by atoms with E-state index in [0.717, 1.165) is 6.07 Å². The number of aromatic nitrogens is 1. The molecule has 1 aliphatic heterocycles. The van der Waals surface area contributed by atoms with E-state index in [0.29, 0.717) is 41.0 Å². The summed E-state index contributed by atoms with van der Waals surface area (Å²) in [5.41, 5.74) is 1.69. The van der Waals surface area contributed by atoms with Gasteiger partial charge in [0.1, 0.15) is 35.2 Å². The second-order valence-corrected chi connectivity index (χ2v) is 10.0. The van der Waals surface area contributed by atoms with Gasteiger partial charge in [0.15, 0.2) is 0 Å². The first-order chi connectivity index (χ1) is 19.3. The molecule has 0 bridgehead atoms. The fourth-order valence-corrected chi connectivity index (χ4v) is 5.25. The molecule has 1 fully saturated rings. The van der Waals surface area contributed by atoms with Crippen LogP contribution in [0.4, 0.5) is 8.78 Å². The van der Waals surface area contributed by atoms with Gasteiger partial charge in [0.2, 0.25) is 5.91 Å². The smallest absolute Gasteiger partial charge is 0.255 e. The van der Waals surface area contributed by atoms with Gasteiger partial charge in [-0.2, -0.15) is 0 Å². The zero-order valence-corrected chi connectivity index (χ0v) is 21.4. The number of hydrogen-bond donors (Lipinski definition) is 3. The average molecular weight is 542 g/mol. The zero-order valence-electron chi connectivity index (χ0n) is 21.4. The van der Waals surface area contributed by atoms with Crippen LogP contribution in [0.1, 0.15) is 52.0 Å². The third-order valence-corrected chi connectivity index (χ3v) is 7.53. The van der Waals surface area contributed by atoms with Crippen LogP contribution in [0.5, 0.6) is 11.5 Å². The highest BCUT2D eigenvalue weighted by molar-refractivity contribution is 5.97. The quantitative estimate of drug-likeness (QED) is 0.315. The Hall–Kier alpha value is -4.79. The highest BCUT2D eigenvalue weighted by Gasteiger charge is 2.47. The number of likely N-dealkylation sites (N-methyl/N-ethyl adjacent to an activating group) is 1. The van der Waals surface area contributed by atoms with E-state index in [1.54, 1.807) is 42.6 Å². The van der Waals surface area contributed by atoms with E-state index in [1.165, 1.54) is 25.2 Å². The Labute approximate surface area is 228 Å². The zero-order chi connectivity index (χ0) is 28.0. The fraction of sp³-hybridized carbons (Fsp3) is 0.194. The maximum atomic E-state index is 15.0. The van der Waals surface area contributed by atoms with Gasteiger partial charge in [0, 0.05) is 30.4 Å². The summed E-state index contributed by atoms with van der Waals surface area (Å²) in [6.45, 7) is 0. The first-order valence-corrected chi connectivity index (χ1v) is 12.8.